The first kappa shape index (κ1) is 20.5. The number of hydrogen-bond donors (Lipinski definition) is 1. The average Bonchev–Trinajstić information content (AvgIpc) is 3.39. The van der Waals surface area contributed by atoms with E-state index in [4.69, 9.17) is 10.8 Å². The van der Waals surface area contributed by atoms with Crippen LogP contribution in [0.3, 0.4) is 0 Å². The number of hydrogen-bond acceptors (Lipinski definition) is 5. The molecule has 0 radical (unpaired) electrons. The summed E-state index contributed by atoms with van der Waals surface area (Å²) in [5, 5.41) is 5.36. The number of anilines is 2. The van der Waals surface area contributed by atoms with E-state index in [-0.39, 0.29) is 10.8 Å². The third kappa shape index (κ3) is 2.73. The van der Waals surface area contributed by atoms with Crippen LogP contribution in [0, 0.1) is 28.6 Å². The third-order valence-corrected chi connectivity index (χ3v) is 10.8. The van der Waals surface area contributed by atoms with Crippen molar-refractivity contribution >= 4 is 33.4 Å². The van der Waals surface area contributed by atoms with Gasteiger partial charge in [-0.1, -0.05) is 49.5 Å². The van der Waals surface area contributed by atoms with Gasteiger partial charge in [0.25, 0.3) is 0 Å². The van der Waals surface area contributed by atoms with Crippen molar-refractivity contribution in [1.29, 1.82) is 0 Å². The maximum Gasteiger partial charge on any atom is 0.190 e. The lowest BCUT2D eigenvalue weighted by atomic mass is 9.48. The van der Waals surface area contributed by atoms with Gasteiger partial charge in [-0.05, 0) is 85.8 Å². The van der Waals surface area contributed by atoms with Crippen LogP contribution in [0.5, 0.6) is 0 Å². The lowest BCUT2D eigenvalue weighted by Gasteiger charge is -2.56. The first-order valence-electron chi connectivity index (χ1n) is 12.2. The summed E-state index contributed by atoms with van der Waals surface area (Å²) in [6, 6.07) is 10.6. The number of thiazole rings is 1. The Morgan fingerprint density at radius 1 is 1.06 bits per heavy atom. The van der Waals surface area contributed by atoms with Crippen molar-refractivity contribution in [2.75, 3.05) is 11.9 Å². The normalized spacial score (nSPS) is 36.7. The Bertz CT molecular complexity index is 1100. The number of fused-ring (bicyclic) bond motifs is 7. The number of hydrazone groups is 1. The van der Waals surface area contributed by atoms with Gasteiger partial charge in [-0.15, -0.1) is 0 Å². The van der Waals surface area contributed by atoms with Gasteiger partial charge in [-0.2, -0.15) is 5.10 Å². The molecule has 32 heavy (non-hydrogen) atoms. The number of aromatic nitrogens is 1. The van der Waals surface area contributed by atoms with Crippen molar-refractivity contribution in [3.05, 3.63) is 47.0 Å². The molecule has 2 saturated carbocycles. The zero-order chi connectivity index (χ0) is 22.1. The monoisotopic (exact) mass is 446 g/mol. The summed E-state index contributed by atoms with van der Waals surface area (Å²) >= 11 is 1.90. The molecule has 0 spiro atoms. The van der Waals surface area contributed by atoms with Crippen LogP contribution in [0.2, 0.25) is 0 Å². The predicted octanol–water partition coefficient (Wildman–Crippen LogP) is 6.41. The molecule has 0 unspecified atom stereocenters. The Kier molecular flexibility index (Phi) is 4.59. The van der Waals surface area contributed by atoms with Crippen LogP contribution in [-0.4, -0.2) is 17.7 Å². The molecule has 4 aliphatic carbocycles. The van der Waals surface area contributed by atoms with Gasteiger partial charge in [0.1, 0.15) is 0 Å². The summed E-state index contributed by atoms with van der Waals surface area (Å²) in [5.41, 5.74) is 5.89. The van der Waals surface area contributed by atoms with E-state index in [2.05, 4.69) is 67.3 Å². The molecule has 1 aromatic heterocycles. The zero-order valence-electron chi connectivity index (χ0n) is 19.5. The van der Waals surface area contributed by atoms with E-state index in [9.17, 15) is 0 Å². The van der Waals surface area contributed by atoms with Crippen LogP contribution < -0.4 is 10.7 Å². The molecule has 5 atom stereocenters. The molecule has 0 bridgehead atoms. The number of rotatable bonds is 2. The molecule has 2 aromatic rings. The number of aryl methyl sites for hydroxylation is 1. The molecule has 0 saturated heterocycles. The molecule has 0 aliphatic heterocycles. The van der Waals surface area contributed by atoms with Gasteiger partial charge in [0.2, 0.25) is 0 Å². The number of nitrogens with zero attached hydrogens (tertiary/aromatic N) is 3. The maximum atomic E-state index is 5.81. The summed E-state index contributed by atoms with van der Waals surface area (Å²) in [6.07, 6.45) is 11.1. The lowest BCUT2D eigenvalue weighted by molar-refractivity contribution is 0.0117. The topological polar surface area (TPSA) is 54.5 Å². The largest absolute Gasteiger partial charge is 0.323 e. The minimum atomic E-state index is 0.230. The van der Waals surface area contributed by atoms with Gasteiger partial charge < -0.3 is 10.7 Å². The molecular weight excluding hydrogens is 412 g/mol. The SMILES string of the molecule is CN(c1ccccc1)c1nc2c(s1)C1=CC[C@@H]3[C@H](CC[C@]4(C)/C(=N/N)CC[C@@H]34)[C@@]1(C)CC2. The zero-order valence-corrected chi connectivity index (χ0v) is 20.3. The van der Waals surface area contributed by atoms with Crippen LogP contribution >= 0.6 is 11.3 Å². The molecule has 0 amide bonds. The first-order chi connectivity index (χ1) is 15.5. The summed E-state index contributed by atoms with van der Waals surface area (Å²) in [4.78, 5) is 8.81. The quantitative estimate of drug-likeness (QED) is 0.428. The Hall–Kier alpha value is -2.14. The molecular formula is C27H34N4S. The van der Waals surface area contributed by atoms with Gasteiger partial charge in [-0.3, -0.25) is 0 Å². The van der Waals surface area contributed by atoms with Crippen molar-refractivity contribution in [3.8, 4) is 0 Å². The fourth-order valence-corrected chi connectivity index (χ4v) is 9.04. The van der Waals surface area contributed by atoms with E-state index in [0.29, 0.717) is 0 Å². The molecule has 5 heteroatoms. The first-order valence-corrected chi connectivity index (χ1v) is 13.0. The van der Waals surface area contributed by atoms with Crippen molar-refractivity contribution in [2.24, 2.45) is 39.5 Å². The number of benzene rings is 1. The van der Waals surface area contributed by atoms with E-state index in [1.54, 1.807) is 5.57 Å². The highest BCUT2D eigenvalue weighted by Gasteiger charge is 2.58. The van der Waals surface area contributed by atoms with E-state index in [1.807, 2.05) is 11.3 Å². The van der Waals surface area contributed by atoms with Crippen molar-refractivity contribution in [1.82, 2.24) is 4.98 Å². The highest BCUT2D eigenvalue weighted by Crippen LogP contribution is 2.65. The van der Waals surface area contributed by atoms with Crippen LogP contribution in [0.15, 0.2) is 41.5 Å². The van der Waals surface area contributed by atoms with Gasteiger partial charge in [0, 0.05) is 23.9 Å². The predicted molar refractivity (Wildman–Crippen MR) is 134 cm³/mol. The molecule has 4 nitrogen and oxygen atoms in total. The van der Waals surface area contributed by atoms with Gasteiger partial charge in [0.15, 0.2) is 5.13 Å². The Labute approximate surface area is 195 Å². The second-order valence-electron chi connectivity index (χ2n) is 10.9. The van der Waals surface area contributed by atoms with Gasteiger partial charge in [0.05, 0.1) is 10.6 Å². The van der Waals surface area contributed by atoms with Gasteiger partial charge >= 0.3 is 0 Å². The number of para-hydroxylation sites is 1. The number of allylic oxidation sites excluding steroid dienone is 2. The Balaban J connectivity index is 1.35. The molecule has 2 N–H and O–H groups in total. The van der Waals surface area contributed by atoms with E-state index < -0.39 is 0 Å². The van der Waals surface area contributed by atoms with Gasteiger partial charge in [-0.25, -0.2) is 4.98 Å². The molecule has 6 rings (SSSR count). The average molecular weight is 447 g/mol. The van der Waals surface area contributed by atoms with Crippen molar-refractivity contribution in [2.45, 2.75) is 58.8 Å². The highest BCUT2D eigenvalue weighted by atomic mass is 32.1. The molecule has 1 aromatic carbocycles. The highest BCUT2D eigenvalue weighted by molar-refractivity contribution is 7.16. The maximum absolute atomic E-state index is 5.81. The fourth-order valence-electron chi connectivity index (χ4n) is 7.77. The Morgan fingerprint density at radius 2 is 1.84 bits per heavy atom. The summed E-state index contributed by atoms with van der Waals surface area (Å²) < 4.78 is 0. The van der Waals surface area contributed by atoms with Crippen LogP contribution in [0.25, 0.3) is 5.57 Å². The summed E-state index contributed by atoms with van der Waals surface area (Å²) in [7, 11) is 2.14. The van der Waals surface area contributed by atoms with E-state index in [0.717, 1.165) is 35.7 Å². The fraction of sp³-hybridized carbons (Fsp3) is 0.556. The second-order valence-corrected chi connectivity index (χ2v) is 11.9. The minimum absolute atomic E-state index is 0.230. The number of nitrogens with two attached hydrogens (primary N) is 1. The Morgan fingerprint density at radius 3 is 2.62 bits per heavy atom. The molecule has 2 fully saturated rings. The smallest absolute Gasteiger partial charge is 0.190 e. The minimum Gasteiger partial charge on any atom is -0.323 e. The second kappa shape index (κ2) is 7.18. The standard InChI is InChI=1S/C27H34N4S/c1-26-16-14-22-24(32-25(29-22)31(3)17-7-5-4-6-8-17)21(26)10-9-18-19-11-12-23(30-28)27(19,2)15-13-20(18)26/h4-8,10,18-20H,9,11-16,28H2,1-3H3/b30-23+/t18-,19-,20-,26+,27-/m0/s1. The molecule has 4 aliphatic rings. The third-order valence-electron chi connectivity index (χ3n) is 9.60. The van der Waals surface area contributed by atoms with Crippen molar-refractivity contribution in [3.63, 3.8) is 0 Å². The van der Waals surface area contributed by atoms with Crippen LogP contribution in [0.1, 0.15) is 62.9 Å². The van der Waals surface area contributed by atoms with Crippen LogP contribution in [-0.2, 0) is 6.42 Å². The van der Waals surface area contributed by atoms with Crippen molar-refractivity contribution < 1.29 is 0 Å². The van der Waals surface area contributed by atoms with E-state index in [1.165, 1.54) is 54.1 Å². The van der Waals surface area contributed by atoms with E-state index >= 15 is 0 Å². The van der Waals surface area contributed by atoms with Crippen LogP contribution in [0.4, 0.5) is 10.8 Å². The summed E-state index contributed by atoms with van der Waals surface area (Å²) in [5.74, 6) is 8.08. The lowest BCUT2D eigenvalue weighted by Crippen LogP contribution is -2.49. The molecule has 1 heterocycles. The summed E-state index contributed by atoms with van der Waals surface area (Å²) in [6.45, 7) is 5.01. The molecule has 168 valence electrons.